The minimum absolute atomic E-state index is 0.251. The fourth-order valence-electron chi connectivity index (χ4n) is 2.98. The first-order valence-electron chi connectivity index (χ1n) is 9.12. The van der Waals surface area contributed by atoms with Gasteiger partial charge in [0.1, 0.15) is 5.75 Å². The zero-order chi connectivity index (χ0) is 19.4. The molecule has 0 N–H and O–H groups in total. The van der Waals surface area contributed by atoms with Crippen LogP contribution in [0.4, 0.5) is 5.69 Å². The summed E-state index contributed by atoms with van der Waals surface area (Å²) in [5, 5.41) is 0. The molecule has 140 valence electrons. The van der Waals surface area contributed by atoms with Gasteiger partial charge in [-0.05, 0) is 54.5 Å². The Bertz CT molecular complexity index is 887. The molecular formula is C22H23NO3S. The van der Waals surface area contributed by atoms with Gasteiger partial charge in [-0.1, -0.05) is 38.1 Å². The molecule has 1 heterocycles. The molecule has 0 aromatic heterocycles. The molecule has 2 aromatic carbocycles. The van der Waals surface area contributed by atoms with Gasteiger partial charge in [-0.25, -0.2) is 4.90 Å². The lowest BCUT2D eigenvalue weighted by atomic mass is 10.1. The smallest absolute Gasteiger partial charge is 0.272 e. The van der Waals surface area contributed by atoms with E-state index in [-0.39, 0.29) is 11.8 Å². The maximum Gasteiger partial charge on any atom is 0.272 e. The molecule has 1 aliphatic rings. The van der Waals surface area contributed by atoms with Crippen LogP contribution in [0.2, 0.25) is 0 Å². The van der Waals surface area contributed by atoms with Crippen molar-refractivity contribution in [3.8, 4) is 5.75 Å². The van der Waals surface area contributed by atoms with E-state index < -0.39 is 0 Å². The number of amides is 2. The van der Waals surface area contributed by atoms with Gasteiger partial charge in [-0.2, -0.15) is 0 Å². The number of carbonyl (C=O) groups excluding carboxylic acids is 2. The zero-order valence-corrected chi connectivity index (χ0v) is 16.6. The maximum atomic E-state index is 13.2. The Morgan fingerprint density at radius 3 is 2.37 bits per heavy atom. The number of thioether (sulfide) groups is 1. The molecule has 0 unspecified atom stereocenters. The third-order valence-electron chi connectivity index (χ3n) is 4.21. The predicted molar refractivity (Wildman–Crippen MR) is 111 cm³/mol. The number of imide groups is 1. The van der Waals surface area contributed by atoms with E-state index >= 15 is 0 Å². The minimum Gasteiger partial charge on any atom is -0.494 e. The standard InChI is InChI=1S/C22H23NO3S/c1-4-13-26-18-11-9-16(10-12-18)19-20(27-5-2)22(25)23(21(19)24)17-8-6-7-15(3)14-17/h6-12,14H,4-5,13H2,1-3H3. The van der Waals surface area contributed by atoms with Crippen molar-refractivity contribution in [3.05, 3.63) is 64.6 Å². The molecular weight excluding hydrogens is 358 g/mol. The summed E-state index contributed by atoms with van der Waals surface area (Å²) >= 11 is 1.41. The van der Waals surface area contributed by atoms with E-state index in [1.165, 1.54) is 16.7 Å². The van der Waals surface area contributed by atoms with Gasteiger partial charge in [0.2, 0.25) is 0 Å². The summed E-state index contributed by atoms with van der Waals surface area (Å²) in [5.74, 6) is 0.956. The van der Waals surface area contributed by atoms with Crippen molar-refractivity contribution in [3.63, 3.8) is 0 Å². The molecule has 1 aliphatic heterocycles. The summed E-state index contributed by atoms with van der Waals surface area (Å²) in [7, 11) is 0. The summed E-state index contributed by atoms with van der Waals surface area (Å²) in [5.41, 5.74) is 2.82. The van der Waals surface area contributed by atoms with Crippen molar-refractivity contribution in [2.75, 3.05) is 17.3 Å². The molecule has 3 rings (SSSR count). The van der Waals surface area contributed by atoms with E-state index in [0.717, 1.165) is 29.1 Å². The van der Waals surface area contributed by atoms with Gasteiger partial charge in [-0.15, -0.1) is 11.8 Å². The Morgan fingerprint density at radius 1 is 1.00 bits per heavy atom. The van der Waals surface area contributed by atoms with Gasteiger partial charge in [0, 0.05) is 0 Å². The number of rotatable bonds is 7. The van der Waals surface area contributed by atoms with Crippen molar-refractivity contribution in [1.82, 2.24) is 0 Å². The Hall–Kier alpha value is -2.53. The second kappa shape index (κ2) is 8.44. The Balaban J connectivity index is 1.98. The molecule has 0 saturated heterocycles. The molecule has 4 nitrogen and oxygen atoms in total. The minimum atomic E-state index is -0.274. The Kier molecular flexibility index (Phi) is 6.01. The van der Waals surface area contributed by atoms with Crippen LogP contribution in [0.15, 0.2) is 53.4 Å². The van der Waals surface area contributed by atoms with Gasteiger partial charge >= 0.3 is 0 Å². The summed E-state index contributed by atoms with van der Waals surface area (Å²) in [6.07, 6.45) is 0.933. The average molecular weight is 381 g/mol. The van der Waals surface area contributed by atoms with E-state index in [2.05, 4.69) is 6.92 Å². The third kappa shape index (κ3) is 3.93. The predicted octanol–water partition coefficient (Wildman–Crippen LogP) is 4.82. The number of hydrogen-bond acceptors (Lipinski definition) is 4. The number of hydrogen-bond donors (Lipinski definition) is 0. The molecule has 0 atom stereocenters. The average Bonchev–Trinajstić information content (AvgIpc) is 2.91. The fraction of sp³-hybridized carbons (Fsp3) is 0.273. The summed E-state index contributed by atoms with van der Waals surface area (Å²) in [4.78, 5) is 28.0. The lowest BCUT2D eigenvalue weighted by Gasteiger charge is -2.15. The molecule has 2 amide bonds. The highest BCUT2D eigenvalue weighted by Gasteiger charge is 2.39. The molecule has 5 heteroatoms. The molecule has 0 saturated carbocycles. The van der Waals surface area contributed by atoms with Crippen LogP contribution in [-0.2, 0) is 9.59 Å². The van der Waals surface area contributed by atoms with Crippen molar-refractivity contribution < 1.29 is 14.3 Å². The summed E-state index contributed by atoms with van der Waals surface area (Å²) < 4.78 is 5.62. The Morgan fingerprint density at radius 2 is 1.74 bits per heavy atom. The molecule has 0 radical (unpaired) electrons. The lowest BCUT2D eigenvalue weighted by molar-refractivity contribution is -0.119. The van der Waals surface area contributed by atoms with Crippen molar-refractivity contribution in [2.24, 2.45) is 0 Å². The number of carbonyl (C=O) groups is 2. The molecule has 2 aromatic rings. The van der Waals surface area contributed by atoms with E-state index in [1.54, 1.807) is 6.07 Å². The van der Waals surface area contributed by atoms with Gasteiger partial charge in [0.15, 0.2) is 0 Å². The quantitative estimate of drug-likeness (QED) is 0.645. The summed E-state index contributed by atoms with van der Waals surface area (Å²) in [6, 6.07) is 14.8. The highest BCUT2D eigenvalue weighted by Crippen LogP contribution is 2.38. The van der Waals surface area contributed by atoms with Crippen molar-refractivity contribution in [2.45, 2.75) is 27.2 Å². The molecule has 0 bridgehead atoms. The molecule has 0 aliphatic carbocycles. The first-order valence-corrected chi connectivity index (χ1v) is 10.1. The topological polar surface area (TPSA) is 46.6 Å². The van der Waals surface area contributed by atoms with E-state index in [1.807, 2.05) is 56.3 Å². The number of ether oxygens (including phenoxy) is 1. The van der Waals surface area contributed by atoms with E-state index in [0.29, 0.717) is 22.8 Å². The van der Waals surface area contributed by atoms with Crippen LogP contribution in [-0.4, -0.2) is 24.2 Å². The van der Waals surface area contributed by atoms with Crippen molar-refractivity contribution >= 4 is 34.8 Å². The number of benzene rings is 2. The lowest BCUT2D eigenvalue weighted by Crippen LogP contribution is -2.31. The van der Waals surface area contributed by atoms with Gasteiger partial charge < -0.3 is 4.74 Å². The number of nitrogens with zero attached hydrogens (tertiary/aromatic N) is 1. The summed E-state index contributed by atoms with van der Waals surface area (Å²) in [6.45, 7) is 6.62. The Labute approximate surface area is 164 Å². The van der Waals surface area contributed by atoms with Crippen LogP contribution in [0, 0.1) is 6.92 Å². The van der Waals surface area contributed by atoms with Crippen LogP contribution < -0.4 is 9.64 Å². The van der Waals surface area contributed by atoms with Crippen LogP contribution >= 0.6 is 11.8 Å². The highest BCUT2D eigenvalue weighted by molar-refractivity contribution is 8.04. The second-order valence-electron chi connectivity index (χ2n) is 6.29. The van der Waals surface area contributed by atoms with Gasteiger partial charge in [0.25, 0.3) is 11.8 Å². The number of aryl methyl sites for hydroxylation is 1. The maximum absolute atomic E-state index is 13.2. The largest absolute Gasteiger partial charge is 0.494 e. The molecule has 27 heavy (non-hydrogen) atoms. The monoisotopic (exact) mass is 381 g/mol. The normalized spacial score (nSPS) is 14.3. The first kappa shape index (κ1) is 19.2. The third-order valence-corrected chi connectivity index (χ3v) is 5.16. The first-order chi connectivity index (χ1) is 13.1. The van der Waals surface area contributed by atoms with Crippen LogP contribution in [0.5, 0.6) is 5.75 Å². The fourth-order valence-corrected chi connectivity index (χ4v) is 3.83. The van der Waals surface area contributed by atoms with Crippen LogP contribution in [0.3, 0.4) is 0 Å². The molecule has 0 spiro atoms. The molecule has 0 fully saturated rings. The van der Waals surface area contributed by atoms with Gasteiger partial charge in [0.05, 0.1) is 22.8 Å². The van der Waals surface area contributed by atoms with Crippen LogP contribution in [0.25, 0.3) is 5.57 Å². The van der Waals surface area contributed by atoms with Gasteiger partial charge in [-0.3, -0.25) is 9.59 Å². The highest BCUT2D eigenvalue weighted by atomic mass is 32.2. The van der Waals surface area contributed by atoms with Crippen LogP contribution in [0.1, 0.15) is 31.4 Å². The number of anilines is 1. The van der Waals surface area contributed by atoms with Crippen molar-refractivity contribution in [1.29, 1.82) is 0 Å². The zero-order valence-electron chi connectivity index (χ0n) is 15.8. The SMILES string of the molecule is CCCOc1ccc(C2=C(SCC)C(=O)N(c3cccc(C)c3)C2=O)cc1. The second-order valence-corrected chi connectivity index (χ2v) is 7.57. The van der Waals surface area contributed by atoms with E-state index in [4.69, 9.17) is 4.74 Å². The van der Waals surface area contributed by atoms with E-state index in [9.17, 15) is 9.59 Å².